The Bertz CT molecular complexity index is 795. The molecule has 5 nitrogen and oxygen atoms in total. The highest BCUT2D eigenvalue weighted by atomic mass is 16.5. The molecule has 3 rings (SSSR count). The molecule has 0 saturated carbocycles. The highest BCUT2D eigenvalue weighted by Crippen LogP contribution is 2.23. The molecule has 0 bridgehead atoms. The summed E-state index contributed by atoms with van der Waals surface area (Å²) in [4.78, 5) is 26.8. The number of nitrogens with one attached hydrogen (secondary N) is 1. The van der Waals surface area contributed by atoms with E-state index in [0.29, 0.717) is 17.9 Å². The summed E-state index contributed by atoms with van der Waals surface area (Å²) < 4.78 is 5.67. The minimum Gasteiger partial charge on any atom is -0.484 e. The number of benzene rings is 2. The van der Waals surface area contributed by atoms with Crippen LogP contribution in [0.1, 0.15) is 49.0 Å². The number of carbonyl (C=O) groups is 2. The smallest absolute Gasteiger partial charge is 0.260 e. The lowest BCUT2D eigenvalue weighted by atomic mass is 9.97. The lowest BCUT2D eigenvalue weighted by molar-refractivity contribution is -0.139. The van der Waals surface area contributed by atoms with E-state index in [2.05, 4.69) is 19.2 Å². The summed E-state index contributed by atoms with van der Waals surface area (Å²) in [5.41, 5.74) is 1.77. The number of amides is 2. The van der Waals surface area contributed by atoms with Crippen LogP contribution in [0.3, 0.4) is 0 Å². The van der Waals surface area contributed by atoms with Gasteiger partial charge in [-0.3, -0.25) is 9.59 Å². The third-order valence-electron chi connectivity index (χ3n) is 5.50. The minimum atomic E-state index is -0.112. The zero-order chi connectivity index (χ0) is 20.6. The van der Waals surface area contributed by atoms with Crippen molar-refractivity contribution in [2.45, 2.75) is 51.6 Å². The van der Waals surface area contributed by atoms with Crippen LogP contribution < -0.4 is 10.1 Å². The molecular formula is C24H30N2O3. The van der Waals surface area contributed by atoms with Crippen molar-refractivity contribution in [1.82, 2.24) is 10.2 Å². The first-order chi connectivity index (χ1) is 14.0. The number of nitrogens with zero attached hydrogens (tertiary/aromatic N) is 1. The van der Waals surface area contributed by atoms with Gasteiger partial charge in [0.25, 0.3) is 11.8 Å². The molecule has 2 aromatic rings. The molecule has 0 radical (unpaired) electrons. The summed E-state index contributed by atoms with van der Waals surface area (Å²) in [6.07, 6.45) is 4.05. The van der Waals surface area contributed by atoms with Crippen molar-refractivity contribution in [3.05, 3.63) is 65.7 Å². The number of likely N-dealkylation sites (tertiary alicyclic amines) is 1. The van der Waals surface area contributed by atoms with E-state index in [4.69, 9.17) is 4.74 Å². The quantitative estimate of drug-likeness (QED) is 0.776. The van der Waals surface area contributed by atoms with E-state index in [0.717, 1.165) is 19.3 Å². The second-order valence-electron chi connectivity index (χ2n) is 7.73. The maximum absolute atomic E-state index is 12.5. The summed E-state index contributed by atoms with van der Waals surface area (Å²) >= 11 is 0. The average Bonchev–Trinajstić information content (AvgIpc) is 2.73. The summed E-state index contributed by atoms with van der Waals surface area (Å²) in [6, 6.07) is 17.5. The van der Waals surface area contributed by atoms with Crippen molar-refractivity contribution >= 4 is 11.8 Å². The summed E-state index contributed by atoms with van der Waals surface area (Å²) in [6.45, 7) is 4.80. The molecule has 0 aliphatic carbocycles. The lowest BCUT2D eigenvalue weighted by Crippen LogP contribution is -2.49. The van der Waals surface area contributed by atoms with E-state index in [1.807, 2.05) is 35.2 Å². The Kier molecular flexibility index (Phi) is 7.28. The van der Waals surface area contributed by atoms with Gasteiger partial charge in [-0.25, -0.2) is 0 Å². The van der Waals surface area contributed by atoms with Gasteiger partial charge in [0.2, 0.25) is 0 Å². The van der Waals surface area contributed by atoms with Crippen LogP contribution in [0.5, 0.6) is 5.75 Å². The van der Waals surface area contributed by atoms with Crippen molar-refractivity contribution in [3.8, 4) is 5.75 Å². The van der Waals surface area contributed by atoms with Gasteiger partial charge in [-0.2, -0.15) is 0 Å². The molecule has 2 amide bonds. The fourth-order valence-corrected chi connectivity index (χ4v) is 3.90. The Morgan fingerprint density at radius 2 is 1.66 bits per heavy atom. The first-order valence-electron chi connectivity index (χ1n) is 10.4. The van der Waals surface area contributed by atoms with E-state index >= 15 is 0 Å². The molecule has 2 unspecified atom stereocenters. The largest absolute Gasteiger partial charge is 0.484 e. The van der Waals surface area contributed by atoms with Gasteiger partial charge in [0.15, 0.2) is 6.61 Å². The maximum Gasteiger partial charge on any atom is 0.260 e. The molecule has 0 aromatic heterocycles. The molecule has 29 heavy (non-hydrogen) atoms. The molecule has 1 N–H and O–H groups in total. The van der Waals surface area contributed by atoms with Crippen molar-refractivity contribution in [2.75, 3.05) is 13.2 Å². The topological polar surface area (TPSA) is 58.6 Å². The number of carbonyl (C=O) groups excluding carboxylic acids is 2. The molecule has 5 heteroatoms. The number of ether oxygens (including phenoxy) is 1. The Morgan fingerprint density at radius 1 is 1.00 bits per heavy atom. The highest BCUT2D eigenvalue weighted by molar-refractivity contribution is 5.94. The van der Waals surface area contributed by atoms with Gasteiger partial charge in [0.05, 0.1) is 0 Å². The van der Waals surface area contributed by atoms with Gasteiger partial charge in [-0.1, -0.05) is 30.3 Å². The second kappa shape index (κ2) is 10.1. The fourth-order valence-electron chi connectivity index (χ4n) is 3.90. The average molecular weight is 395 g/mol. The normalized spacial score (nSPS) is 18.9. The van der Waals surface area contributed by atoms with Gasteiger partial charge in [-0.05, 0) is 69.4 Å². The van der Waals surface area contributed by atoms with Crippen LogP contribution in [0.15, 0.2) is 54.6 Å². The Hall–Kier alpha value is -2.82. The van der Waals surface area contributed by atoms with Gasteiger partial charge >= 0.3 is 0 Å². The van der Waals surface area contributed by atoms with Crippen molar-refractivity contribution in [1.29, 1.82) is 0 Å². The molecule has 1 aliphatic heterocycles. The third kappa shape index (κ3) is 5.83. The molecule has 2 aromatic carbocycles. The van der Waals surface area contributed by atoms with Crippen molar-refractivity contribution in [3.63, 3.8) is 0 Å². The van der Waals surface area contributed by atoms with E-state index in [1.54, 1.807) is 24.3 Å². The first kappa shape index (κ1) is 20.9. The van der Waals surface area contributed by atoms with Crippen LogP contribution in [0.25, 0.3) is 0 Å². The maximum atomic E-state index is 12.5. The molecule has 154 valence electrons. The van der Waals surface area contributed by atoms with Crippen LogP contribution in [-0.2, 0) is 11.2 Å². The van der Waals surface area contributed by atoms with Gasteiger partial charge < -0.3 is 15.0 Å². The van der Waals surface area contributed by atoms with Crippen molar-refractivity contribution in [2.24, 2.45) is 0 Å². The van der Waals surface area contributed by atoms with Gasteiger partial charge in [0, 0.05) is 24.2 Å². The van der Waals surface area contributed by atoms with Gasteiger partial charge in [-0.15, -0.1) is 0 Å². The van der Waals surface area contributed by atoms with E-state index in [1.165, 1.54) is 12.0 Å². The second-order valence-corrected chi connectivity index (χ2v) is 7.73. The summed E-state index contributed by atoms with van der Waals surface area (Å²) in [5, 5.41) is 2.93. The zero-order valence-electron chi connectivity index (χ0n) is 17.3. The van der Waals surface area contributed by atoms with Crippen LogP contribution in [0.4, 0.5) is 0 Å². The summed E-state index contributed by atoms with van der Waals surface area (Å²) in [7, 11) is 0. The number of hydrogen-bond acceptors (Lipinski definition) is 3. The molecular weight excluding hydrogens is 364 g/mol. The molecule has 1 aliphatic rings. The number of rotatable bonds is 7. The van der Waals surface area contributed by atoms with Crippen molar-refractivity contribution < 1.29 is 14.3 Å². The van der Waals surface area contributed by atoms with Crippen LogP contribution >= 0.6 is 0 Å². The molecule has 2 atom stereocenters. The third-order valence-corrected chi connectivity index (χ3v) is 5.50. The Morgan fingerprint density at radius 3 is 2.31 bits per heavy atom. The minimum absolute atomic E-state index is 0.0208. The molecule has 1 heterocycles. The predicted molar refractivity (Wildman–Crippen MR) is 114 cm³/mol. The fraction of sp³-hybridized carbons (Fsp3) is 0.417. The van der Waals surface area contributed by atoms with Gasteiger partial charge in [0.1, 0.15) is 5.75 Å². The van der Waals surface area contributed by atoms with E-state index in [-0.39, 0.29) is 30.5 Å². The zero-order valence-corrected chi connectivity index (χ0v) is 17.3. The summed E-state index contributed by atoms with van der Waals surface area (Å²) in [5.74, 6) is 0.503. The predicted octanol–water partition coefficient (Wildman–Crippen LogP) is 3.83. The van der Waals surface area contributed by atoms with Crippen LogP contribution in [0, 0.1) is 0 Å². The van der Waals surface area contributed by atoms with Crippen LogP contribution in [0.2, 0.25) is 0 Å². The standard InChI is InChI=1S/C24H30N2O3/c1-18-7-6-8-19(2)26(18)23(27)17-29-22-13-11-21(12-14-22)24(28)25-16-15-20-9-4-3-5-10-20/h3-5,9-14,18-19H,6-8,15-17H2,1-2H3,(H,25,28). The first-order valence-corrected chi connectivity index (χ1v) is 10.4. The van der Waals surface area contributed by atoms with E-state index < -0.39 is 0 Å². The monoisotopic (exact) mass is 394 g/mol. The molecule has 1 fully saturated rings. The Balaban J connectivity index is 1.45. The number of hydrogen-bond donors (Lipinski definition) is 1. The Labute approximate surface area is 173 Å². The van der Waals surface area contributed by atoms with Crippen LogP contribution in [-0.4, -0.2) is 41.9 Å². The highest BCUT2D eigenvalue weighted by Gasteiger charge is 2.28. The SMILES string of the molecule is CC1CCCC(C)N1C(=O)COc1ccc(C(=O)NCCc2ccccc2)cc1. The number of piperidine rings is 1. The molecule has 0 spiro atoms. The lowest BCUT2D eigenvalue weighted by Gasteiger charge is -2.38. The molecule has 1 saturated heterocycles. The van der Waals surface area contributed by atoms with E-state index in [9.17, 15) is 9.59 Å².